The van der Waals surface area contributed by atoms with Crippen molar-refractivity contribution in [1.29, 1.82) is 0 Å². The lowest BCUT2D eigenvalue weighted by Crippen LogP contribution is -2.40. The summed E-state index contributed by atoms with van der Waals surface area (Å²) in [5, 5.41) is -0.532. The lowest BCUT2D eigenvalue weighted by atomic mass is 10.0. The molecule has 1 heterocycles. The first-order valence-electron chi connectivity index (χ1n) is 5.27. The van der Waals surface area contributed by atoms with Gasteiger partial charge in [0.15, 0.2) is 0 Å². The van der Waals surface area contributed by atoms with Crippen LogP contribution in [0.3, 0.4) is 0 Å². The molecule has 1 rings (SSSR count). The maximum Gasteiger partial charge on any atom is 0.215 e. The molecule has 3 N–H and O–H groups in total. The Morgan fingerprint density at radius 1 is 1.60 bits per heavy atom. The molecule has 0 aromatic rings. The van der Waals surface area contributed by atoms with Gasteiger partial charge in [0.1, 0.15) is 0 Å². The SMILES string of the molecule is CC1OCCC1CNS(=O)(=O)C(C)CN. The van der Waals surface area contributed by atoms with Gasteiger partial charge in [-0.1, -0.05) is 0 Å². The van der Waals surface area contributed by atoms with Crippen LogP contribution in [0.25, 0.3) is 0 Å². The average Bonchev–Trinajstić information content (AvgIpc) is 2.60. The number of hydrogen-bond acceptors (Lipinski definition) is 4. The summed E-state index contributed by atoms with van der Waals surface area (Å²) in [6.45, 7) is 4.90. The molecule has 0 amide bonds. The van der Waals surface area contributed by atoms with Gasteiger partial charge >= 0.3 is 0 Å². The molecule has 1 aliphatic rings. The van der Waals surface area contributed by atoms with E-state index in [0.29, 0.717) is 6.54 Å². The Morgan fingerprint density at radius 2 is 2.27 bits per heavy atom. The number of rotatable bonds is 5. The van der Waals surface area contributed by atoms with Crippen molar-refractivity contribution in [3.8, 4) is 0 Å². The summed E-state index contributed by atoms with van der Waals surface area (Å²) in [4.78, 5) is 0. The van der Waals surface area contributed by atoms with Crippen molar-refractivity contribution in [2.75, 3.05) is 19.7 Å². The molecule has 0 aromatic heterocycles. The van der Waals surface area contributed by atoms with Gasteiger partial charge < -0.3 is 10.5 Å². The summed E-state index contributed by atoms with van der Waals surface area (Å²) in [7, 11) is -3.25. The Labute approximate surface area is 91.4 Å². The number of hydrogen-bond donors (Lipinski definition) is 2. The first-order valence-corrected chi connectivity index (χ1v) is 6.82. The highest BCUT2D eigenvalue weighted by Crippen LogP contribution is 2.19. The summed E-state index contributed by atoms with van der Waals surface area (Å²) in [6.07, 6.45) is 1.06. The molecule has 6 heteroatoms. The fourth-order valence-corrected chi connectivity index (χ4v) is 2.52. The molecule has 0 saturated carbocycles. The zero-order chi connectivity index (χ0) is 11.5. The molecule has 0 aromatic carbocycles. The normalized spacial score (nSPS) is 29.3. The molecule has 90 valence electrons. The van der Waals surface area contributed by atoms with E-state index in [1.54, 1.807) is 6.92 Å². The quantitative estimate of drug-likeness (QED) is 0.685. The smallest absolute Gasteiger partial charge is 0.215 e. The first-order chi connectivity index (χ1) is 6.97. The van der Waals surface area contributed by atoms with Crippen LogP contribution in [0.2, 0.25) is 0 Å². The number of nitrogens with two attached hydrogens (primary N) is 1. The van der Waals surface area contributed by atoms with E-state index >= 15 is 0 Å². The number of nitrogens with one attached hydrogen (secondary N) is 1. The second kappa shape index (κ2) is 5.25. The van der Waals surface area contributed by atoms with E-state index in [4.69, 9.17) is 10.5 Å². The molecule has 5 nitrogen and oxygen atoms in total. The highest BCUT2D eigenvalue weighted by Gasteiger charge is 2.27. The molecule has 1 aliphatic heterocycles. The molecule has 0 bridgehead atoms. The Bertz CT molecular complexity index is 292. The van der Waals surface area contributed by atoms with Gasteiger partial charge in [0.05, 0.1) is 11.4 Å². The Balaban J connectivity index is 2.42. The van der Waals surface area contributed by atoms with Crippen LogP contribution in [-0.2, 0) is 14.8 Å². The van der Waals surface area contributed by atoms with E-state index in [9.17, 15) is 8.42 Å². The van der Waals surface area contributed by atoms with Crippen molar-refractivity contribution in [3.05, 3.63) is 0 Å². The fourth-order valence-electron chi connectivity index (χ4n) is 1.54. The van der Waals surface area contributed by atoms with Crippen LogP contribution in [0.5, 0.6) is 0 Å². The van der Waals surface area contributed by atoms with Crippen LogP contribution in [-0.4, -0.2) is 39.5 Å². The van der Waals surface area contributed by atoms with E-state index < -0.39 is 15.3 Å². The summed E-state index contributed by atoms with van der Waals surface area (Å²) in [5.74, 6) is 0.282. The molecule has 0 aliphatic carbocycles. The molecule has 3 unspecified atom stereocenters. The van der Waals surface area contributed by atoms with Crippen LogP contribution >= 0.6 is 0 Å². The summed E-state index contributed by atoms with van der Waals surface area (Å²) in [6, 6.07) is 0. The molecule has 1 saturated heterocycles. The van der Waals surface area contributed by atoms with E-state index in [-0.39, 0.29) is 18.6 Å². The van der Waals surface area contributed by atoms with Gasteiger partial charge in [-0.25, -0.2) is 13.1 Å². The van der Waals surface area contributed by atoms with Crippen LogP contribution in [0.15, 0.2) is 0 Å². The van der Waals surface area contributed by atoms with Gasteiger partial charge in [-0.05, 0) is 20.3 Å². The van der Waals surface area contributed by atoms with Gasteiger partial charge in [-0.2, -0.15) is 0 Å². The van der Waals surface area contributed by atoms with Crippen molar-refractivity contribution in [1.82, 2.24) is 4.72 Å². The van der Waals surface area contributed by atoms with Gasteiger partial charge in [0.25, 0.3) is 0 Å². The summed E-state index contributed by atoms with van der Waals surface area (Å²) >= 11 is 0. The molecule has 1 fully saturated rings. The minimum atomic E-state index is -3.25. The third-order valence-corrected chi connectivity index (χ3v) is 4.76. The van der Waals surface area contributed by atoms with Crippen LogP contribution < -0.4 is 10.5 Å². The van der Waals surface area contributed by atoms with Crippen molar-refractivity contribution in [2.45, 2.75) is 31.6 Å². The molecular weight excluding hydrogens is 216 g/mol. The largest absolute Gasteiger partial charge is 0.378 e. The summed E-state index contributed by atoms with van der Waals surface area (Å²) < 4.78 is 31.1. The van der Waals surface area contributed by atoms with E-state index in [1.807, 2.05) is 6.92 Å². The zero-order valence-electron chi connectivity index (χ0n) is 9.27. The van der Waals surface area contributed by atoms with Crippen LogP contribution in [0.1, 0.15) is 20.3 Å². The lowest BCUT2D eigenvalue weighted by molar-refractivity contribution is 0.107. The molecular formula is C9H20N2O3S. The topological polar surface area (TPSA) is 81.4 Å². The van der Waals surface area contributed by atoms with Crippen molar-refractivity contribution < 1.29 is 13.2 Å². The Hall–Kier alpha value is -0.170. The van der Waals surface area contributed by atoms with E-state index in [2.05, 4.69) is 4.72 Å². The highest BCUT2D eigenvalue weighted by molar-refractivity contribution is 7.90. The zero-order valence-corrected chi connectivity index (χ0v) is 10.1. The van der Waals surface area contributed by atoms with E-state index in [1.165, 1.54) is 0 Å². The van der Waals surface area contributed by atoms with Gasteiger partial charge in [-0.3, -0.25) is 0 Å². The molecule has 0 radical (unpaired) electrons. The highest BCUT2D eigenvalue weighted by atomic mass is 32.2. The summed E-state index contributed by atoms with van der Waals surface area (Å²) in [5.41, 5.74) is 5.33. The third-order valence-electron chi connectivity index (χ3n) is 2.94. The maximum atomic E-state index is 11.6. The van der Waals surface area contributed by atoms with E-state index in [0.717, 1.165) is 13.0 Å². The fraction of sp³-hybridized carbons (Fsp3) is 1.00. The lowest BCUT2D eigenvalue weighted by Gasteiger charge is -2.17. The minimum absolute atomic E-state index is 0.140. The van der Waals surface area contributed by atoms with Crippen LogP contribution in [0.4, 0.5) is 0 Å². The van der Waals surface area contributed by atoms with Crippen molar-refractivity contribution in [2.24, 2.45) is 11.7 Å². The first kappa shape index (κ1) is 12.9. The molecule has 15 heavy (non-hydrogen) atoms. The van der Waals surface area contributed by atoms with Crippen molar-refractivity contribution >= 4 is 10.0 Å². The molecule has 3 atom stereocenters. The van der Waals surface area contributed by atoms with Crippen LogP contribution in [0, 0.1) is 5.92 Å². The minimum Gasteiger partial charge on any atom is -0.378 e. The Kier molecular flexibility index (Phi) is 4.51. The van der Waals surface area contributed by atoms with Crippen molar-refractivity contribution in [3.63, 3.8) is 0 Å². The molecule has 0 spiro atoms. The van der Waals surface area contributed by atoms with Gasteiger partial charge in [0, 0.05) is 25.6 Å². The predicted molar refractivity (Wildman–Crippen MR) is 59.0 cm³/mol. The average molecular weight is 236 g/mol. The predicted octanol–water partition coefficient (Wildman–Crippen LogP) is -0.322. The monoisotopic (exact) mass is 236 g/mol. The number of ether oxygens (including phenoxy) is 1. The second-order valence-electron chi connectivity index (χ2n) is 4.06. The standard InChI is InChI=1S/C9H20N2O3S/c1-7(5-10)15(12,13)11-6-9-3-4-14-8(9)2/h7-9,11H,3-6,10H2,1-2H3. The van der Waals surface area contributed by atoms with Gasteiger partial charge in [0.2, 0.25) is 10.0 Å². The maximum absolute atomic E-state index is 11.6. The van der Waals surface area contributed by atoms with Gasteiger partial charge in [-0.15, -0.1) is 0 Å². The second-order valence-corrected chi connectivity index (χ2v) is 6.25. The Morgan fingerprint density at radius 3 is 2.73 bits per heavy atom. The third kappa shape index (κ3) is 3.41. The number of sulfonamides is 1.